The van der Waals surface area contributed by atoms with E-state index in [0.717, 1.165) is 19.2 Å². The monoisotopic (exact) mass is 345 g/mol. The lowest BCUT2D eigenvalue weighted by atomic mass is 10.1. The molecule has 0 unspecified atom stereocenters. The Morgan fingerprint density at radius 2 is 2.00 bits per heavy atom. The molecule has 128 valence electrons. The molecule has 6 nitrogen and oxygen atoms in total. The largest absolute Gasteiger partial charge is 0.467 e. The Labute approximate surface area is 141 Å². The number of aromatic nitrogens is 2. The fourth-order valence-electron chi connectivity index (χ4n) is 2.38. The highest BCUT2D eigenvalue weighted by Gasteiger charge is 2.27. The van der Waals surface area contributed by atoms with Crippen LogP contribution in [0.4, 0.5) is 8.78 Å². The van der Waals surface area contributed by atoms with Gasteiger partial charge in [0.1, 0.15) is 17.3 Å². The number of esters is 1. The second-order valence-electron chi connectivity index (χ2n) is 5.20. The lowest BCUT2D eigenvalue weighted by Gasteiger charge is -2.17. The zero-order valence-electron chi connectivity index (χ0n) is 13.1. The van der Waals surface area contributed by atoms with Crippen LogP contribution in [0.5, 0.6) is 0 Å². The molecule has 0 aliphatic heterocycles. The molecule has 1 atom stereocenters. The predicted octanol–water partition coefficient (Wildman–Crippen LogP) is 2.26. The highest BCUT2D eigenvalue weighted by Crippen LogP contribution is 2.20. The van der Waals surface area contributed by atoms with E-state index in [1.807, 2.05) is 0 Å². The van der Waals surface area contributed by atoms with E-state index in [1.54, 1.807) is 23.0 Å². The van der Waals surface area contributed by atoms with Crippen LogP contribution in [-0.2, 0) is 9.53 Å². The van der Waals surface area contributed by atoms with E-state index in [9.17, 15) is 18.4 Å². The van der Waals surface area contributed by atoms with Gasteiger partial charge in [0.05, 0.1) is 7.11 Å². The Hall–Kier alpha value is -3.29. The van der Waals surface area contributed by atoms with Gasteiger partial charge in [-0.2, -0.15) is 0 Å². The first-order chi connectivity index (χ1) is 12.0. The second kappa shape index (κ2) is 6.68. The van der Waals surface area contributed by atoms with Gasteiger partial charge < -0.3 is 14.5 Å². The lowest BCUT2D eigenvalue weighted by molar-refractivity contribution is -0.143. The van der Waals surface area contributed by atoms with Crippen molar-refractivity contribution in [3.8, 4) is 0 Å². The topological polar surface area (TPSA) is 72.7 Å². The van der Waals surface area contributed by atoms with Gasteiger partial charge in [-0.1, -0.05) is 6.07 Å². The molecule has 2 aromatic heterocycles. The minimum atomic E-state index is -1.41. The van der Waals surface area contributed by atoms with Crippen molar-refractivity contribution in [2.45, 2.75) is 6.04 Å². The number of hydrogen-bond donors (Lipinski definition) is 1. The maximum atomic E-state index is 14.0. The van der Waals surface area contributed by atoms with Gasteiger partial charge in [-0.05, 0) is 18.2 Å². The summed E-state index contributed by atoms with van der Waals surface area (Å²) in [5.74, 6) is -3.24. The van der Waals surface area contributed by atoms with Crippen LogP contribution in [0.15, 0.2) is 48.9 Å². The van der Waals surface area contributed by atoms with Gasteiger partial charge >= 0.3 is 5.97 Å². The van der Waals surface area contributed by atoms with Crippen LogP contribution in [0.2, 0.25) is 0 Å². The highest BCUT2D eigenvalue weighted by atomic mass is 19.1. The summed E-state index contributed by atoms with van der Waals surface area (Å²) in [6.45, 7) is 0. The van der Waals surface area contributed by atoms with Gasteiger partial charge in [-0.15, -0.1) is 0 Å². The van der Waals surface area contributed by atoms with E-state index in [1.165, 1.54) is 12.1 Å². The van der Waals surface area contributed by atoms with Crippen molar-refractivity contribution in [1.82, 2.24) is 14.7 Å². The van der Waals surface area contributed by atoms with E-state index in [0.29, 0.717) is 11.7 Å². The summed E-state index contributed by atoms with van der Waals surface area (Å²) in [6.07, 6.45) is 4.91. The average Bonchev–Trinajstić information content (AvgIpc) is 3.07. The predicted molar refractivity (Wildman–Crippen MR) is 83.8 cm³/mol. The molecule has 1 N–H and O–H groups in total. The van der Waals surface area contributed by atoms with Crippen LogP contribution < -0.4 is 5.32 Å². The summed E-state index contributed by atoms with van der Waals surface area (Å²) < 4.78 is 33.4. The number of rotatable bonds is 4. The minimum Gasteiger partial charge on any atom is -0.467 e. The van der Waals surface area contributed by atoms with Gasteiger partial charge in [0.25, 0.3) is 5.91 Å². The summed E-state index contributed by atoms with van der Waals surface area (Å²) >= 11 is 0. The second-order valence-corrected chi connectivity index (χ2v) is 5.20. The maximum Gasteiger partial charge on any atom is 0.333 e. The highest BCUT2D eigenvalue weighted by molar-refractivity contribution is 5.97. The number of methoxy groups -OCH3 is 1. The minimum absolute atomic E-state index is 0.191. The number of pyridine rings is 1. The first-order valence-corrected chi connectivity index (χ1v) is 7.26. The summed E-state index contributed by atoms with van der Waals surface area (Å²) in [4.78, 5) is 28.5. The Morgan fingerprint density at radius 3 is 2.72 bits per heavy atom. The van der Waals surface area contributed by atoms with Crippen molar-refractivity contribution in [2.75, 3.05) is 7.11 Å². The fraction of sp³-hybridized carbons (Fsp3) is 0.118. The molecule has 1 amide bonds. The van der Waals surface area contributed by atoms with Crippen LogP contribution in [0.3, 0.4) is 0 Å². The molecule has 3 aromatic rings. The van der Waals surface area contributed by atoms with E-state index in [2.05, 4.69) is 15.0 Å². The first kappa shape index (κ1) is 16.6. The normalized spacial score (nSPS) is 12.0. The van der Waals surface area contributed by atoms with Crippen molar-refractivity contribution in [3.05, 3.63) is 71.7 Å². The van der Waals surface area contributed by atoms with E-state index in [-0.39, 0.29) is 11.1 Å². The molecule has 0 saturated carbocycles. The molecule has 2 heterocycles. The molecule has 8 heteroatoms. The molecule has 0 aliphatic rings. The number of ether oxygens (including phenoxy) is 1. The van der Waals surface area contributed by atoms with Crippen molar-refractivity contribution in [2.24, 2.45) is 0 Å². The van der Waals surface area contributed by atoms with Crippen LogP contribution in [0.25, 0.3) is 5.65 Å². The first-order valence-electron chi connectivity index (χ1n) is 7.26. The number of benzene rings is 1. The zero-order chi connectivity index (χ0) is 18.0. The molecule has 0 bridgehead atoms. The molecular formula is C17H13F2N3O3. The van der Waals surface area contributed by atoms with Crippen LogP contribution in [0.1, 0.15) is 22.0 Å². The third kappa shape index (κ3) is 3.32. The standard InChI is InChI=1S/C17H13F2N3O3/c1-25-17(24)15(12-3-2-11(18)9-13(12)19)21-16(23)10-4-6-22-7-5-20-14(22)8-10/h2-9,15H,1H3,(H,21,23)/t15-/m0/s1. The van der Waals surface area contributed by atoms with Gasteiger partial charge in [0.2, 0.25) is 0 Å². The number of fused-ring (bicyclic) bond motifs is 1. The molecule has 0 radical (unpaired) electrons. The number of amides is 1. The summed E-state index contributed by atoms with van der Waals surface area (Å²) in [7, 11) is 1.11. The number of halogens is 2. The molecule has 0 spiro atoms. The van der Waals surface area contributed by atoms with Gasteiger partial charge in [-0.25, -0.2) is 18.6 Å². The molecule has 0 saturated heterocycles. The molecule has 25 heavy (non-hydrogen) atoms. The number of nitrogens with one attached hydrogen (secondary N) is 1. The third-order valence-corrected chi connectivity index (χ3v) is 3.65. The quantitative estimate of drug-likeness (QED) is 0.736. The maximum absolute atomic E-state index is 14.0. The third-order valence-electron chi connectivity index (χ3n) is 3.65. The fourth-order valence-corrected chi connectivity index (χ4v) is 2.38. The average molecular weight is 345 g/mol. The van der Waals surface area contributed by atoms with Crippen LogP contribution in [0, 0.1) is 11.6 Å². The Morgan fingerprint density at radius 1 is 1.20 bits per heavy atom. The van der Waals surface area contributed by atoms with Crippen molar-refractivity contribution in [1.29, 1.82) is 0 Å². The van der Waals surface area contributed by atoms with Gasteiger partial charge in [-0.3, -0.25) is 4.79 Å². The summed E-state index contributed by atoms with van der Waals surface area (Å²) in [5, 5.41) is 2.40. The van der Waals surface area contributed by atoms with Crippen LogP contribution in [-0.4, -0.2) is 28.4 Å². The Balaban J connectivity index is 1.91. The number of carbonyl (C=O) groups is 2. The van der Waals surface area contributed by atoms with Crippen molar-refractivity contribution in [3.63, 3.8) is 0 Å². The van der Waals surface area contributed by atoms with Crippen molar-refractivity contribution < 1.29 is 23.1 Å². The summed E-state index contributed by atoms with van der Waals surface area (Å²) in [5.41, 5.74) is 0.578. The molecule has 0 fully saturated rings. The number of imidazole rings is 1. The smallest absolute Gasteiger partial charge is 0.333 e. The van der Waals surface area contributed by atoms with E-state index >= 15 is 0 Å². The number of nitrogens with zero attached hydrogens (tertiary/aromatic N) is 2. The Kier molecular flexibility index (Phi) is 4.42. The molecular weight excluding hydrogens is 332 g/mol. The molecule has 0 aliphatic carbocycles. The van der Waals surface area contributed by atoms with Gasteiger partial charge in [0, 0.05) is 35.8 Å². The lowest BCUT2D eigenvalue weighted by Crippen LogP contribution is -2.35. The van der Waals surface area contributed by atoms with E-state index in [4.69, 9.17) is 0 Å². The van der Waals surface area contributed by atoms with Gasteiger partial charge in [0.15, 0.2) is 6.04 Å². The van der Waals surface area contributed by atoms with Crippen molar-refractivity contribution >= 4 is 17.5 Å². The van der Waals surface area contributed by atoms with Crippen LogP contribution >= 0.6 is 0 Å². The SMILES string of the molecule is COC(=O)[C@@H](NC(=O)c1ccn2ccnc2c1)c1ccc(F)cc1F. The number of carbonyl (C=O) groups excluding carboxylic acids is 2. The zero-order valence-corrected chi connectivity index (χ0v) is 13.1. The Bertz CT molecular complexity index is 955. The number of hydrogen-bond acceptors (Lipinski definition) is 4. The molecule has 3 rings (SSSR count). The summed E-state index contributed by atoms with van der Waals surface area (Å²) in [6, 6.07) is 4.36. The van der Waals surface area contributed by atoms with E-state index < -0.39 is 29.6 Å². The molecule has 1 aromatic carbocycles.